The minimum atomic E-state index is -1.06. The second-order valence-corrected chi connectivity index (χ2v) is 15.0. The molecule has 0 spiro atoms. The van der Waals surface area contributed by atoms with Crippen molar-refractivity contribution in [3.63, 3.8) is 0 Å². The summed E-state index contributed by atoms with van der Waals surface area (Å²) in [7, 11) is 0. The number of benzene rings is 1. The van der Waals surface area contributed by atoms with Crippen LogP contribution in [0.15, 0.2) is 36.9 Å². The molecule has 2 aliphatic rings. The highest BCUT2D eigenvalue weighted by Gasteiger charge is 2.47. The third-order valence-electron chi connectivity index (χ3n) is 9.85. The Morgan fingerprint density at radius 2 is 1.63 bits per heavy atom. The Bertz CT molecular complexity index is 1400. The van der Waals surface area contributed by atoms with Crippen LogP contribution < -0.4 is 26.6 Å². The lowest BCUT2D eigenvalue weighted by atomic mass is 9.87. The lowest BCUT2D eigenvalue weighted by Crippen LogP contribution is -2.61. The molecule has 1 heterocycles. The third-order valence-corrected chi connectivity index (χ3v) is 9.85. The molecule has 0 bridgehead atoms. The number of carbonyl (C=O) groups excluding carboxylic acids is 6. The Hall–Kier alpha value is -4.42. The molecule has 1 aliphatic heterocycles. The molecule has 0 aromatic heterocycles. The van der Waals surface area contributed by atoms with Gasteiger partial charge in [0.05, 0.1) is 12.1 Å². The van der Waals surface area contributed by atoms with E-state index in [1.54, 1.807) is 11.8 Å². The van der Waals surface area contributed by atoms with Gasteiger partial charge in [-0.25, -0.2) is 9.59 Å². The maximum atomic E-state index is 14.7. The zero-order valence-electron chi connectivity index (χ0n) is 31.3. The molecular formula is C38H58N6O7. The van der Waals surface area contributed by atoms with E-state index in [0.29, 0.717) is 32.2 Å². The molecule has 13 heteroatoms. The van der Waals surface area contributed by atoms with Gasteiger partial charge in [0, 0.05) is 19.6 Å². The number of alkyl carbamates (subject to hydrolysis) is 1. The maximum Gasteiger partial charge on any atom is 0.407 e. The topological polar surface area (TPSA) is 175 Å². The van der Waals surface area contributed by atoms with E-state index in [2.05, 4.69) is 33.2 Å². The standard InChI is InChI=1S/C38H58N6O7/c1-9-14-28(32(45)34(47)40-18-10-2)41-33(46)31-27(23(4)5)17-19-44(31)35(48)30(26-20-24-15-12-13-16-25(24)21-26)43-36(49)42-29(38(6,7)8)22-51-37(50)39-11-3/h10,12-13,15-16,23,26-31H,2,9,11,14,17-22H2,1,3-8H3,(H,39,50)(H,40,47)(H,41,46)(H2,42,43,49)/t27-,28?,29-,30+,31+/m1/s1. The number of Topliss-reactive ketones (excluding diaryl/α,β-unsaturated/α-hetero) is 1. The van der Waals surface area contributed by atoms with Crippen LogP contribution in [0.2, 0.25) is 0 Å². The fourth-order valence-electron chi connectivity index (χ4n) is 6.91. The van der Waals surface area contributed by atoms with Crippen LogP contribution in [0.1, 0.15) is 78.9 Å². The molecular weight excluding hydrogens is 652 g/mol. The molecule has 1 saturated heterocycles. The molecule has 5 atom stereocenters. The summed E-state index contributed by atoms with van der Waals surface area (Å²) in [5.74, 6) is -2.94. The number of nitrogens with one attached hydrogen (secondary N) is 5. The predicted octanol–water partition coefficient (Wildman–Crippen LogP) is 3.26. The molecule has 1 aromatic rings. The zero-order chi connectivity index (χ0) is 37.9. The van der Waals surface area contributed by atoms with Gasteiger partial charge in [-0.05, 0) is 66.9 Å². The number of urea groups is 1. The molecule has 282 valence electrons. The number of fused-ring (bicyclic) bond motifs is 1. The van der Waals surface area contributed by atoms with Crippen LogP contribution >= 0.6 is 0 Å². The first kappa shape index (κ1) is 41.0. The number of ether oxygens (including phenoxy) is 1. The van der Waals surface area contributed by atoms with Crippen molar-refractivity contribution in [3.05, 3.63) is 48.0 Å². The monoisotopic (exact) mass is 710 g/mol. The Balaban J connectivity index is 1.91. The van der Waals surface area contributed by atoms with Crippen molar-refractivity contribution in [2.45, 2.75) is 105 Å². The second kappa shape index (κ2) is 18.7. The van der Waals surface area contributed by atoms with Gasteiger partial charge in [0.25, 0.3) is 5.91 Å². The number of nitrogens with zero attached hydrogens (tertiary/aromatic N) is 1. The first-order valence-electron chi connectivity index (χ1n) is 18.2. The summed E-state index contributed by atoms with van der Waals surface area (Å²) in [5, 5.41) is 13.8. The van der Waals surface area contributed by atoms with Crippen LogP contribution in [-0.4, -0.2) is 90.9 Å². The van der Waals surface area contributed by atoms with Crippen molar-refractivity contribution in [1.82, 2.24) is 31.5 Å². The van der Waals surface area contributed by atoms with E-state index in [-0.39, 0.29) is 49.8 Å². The fraction of sp³-hybridized carbons (Fsp3) is 0.632. The Labute approximate surface area is 302 Å². The van der Waals surface area contributed by atoms with Gasteiger partial charge in [-0.15, -0.1) is 6.58 Å². The number of amides is 6. The quantitative estimate of drug-likeness (QED) is 0.129. The van der Waals surface area contributed by atoms with E-state index >= 15 is 0 Å². The number of hydrogen-bond donors (Lipinski definition) is 5. The van der Waals surface area contributed by atoms with E-state index in [0.717, 1.165) is 11.1 Å². The van der Waals surface area contributed by atoms with Gasteiger partial charge in [-0.1, -0.05) is 78.3 Å². The molecule has 51 heavy (non-hydrogen) atoms. The van der Waals surface area contributed by atoms with Crippen LogP contribution in [0.4, 0.5) is 9.59 Å². The molecule has 1 aliphatic carbocycles. The van der Waals surface area contributed by atoms with Gasteiger partial charge in [-0.3, -0.25) is 19.2 Å². The number of likely N-dealkylation sites (tertiary alicyclic amines) is 1. The Morgan fingerprint density at radius 1 is 0.980 bits per heavy atom. The predicted molar refractivity (Wildman–Crippen MR) is 195 cm³/mol. The van der Waals surface area contributed by atoms with Gasteiger partial charge in [0.1, 0.15) is 18.7 Å². The van der Waals surface area contributed by atoms with Crippen molar-refractivity contribution < 1.29 is 33.5 Å². The van der Waals surface area contributed by atoms with Crippen molar-refractivity contribution in [1.29, 1.82) is 0 Å². The molecule has 3 rings (SSSR count). The third kappa shape index (κ3) is 11.0. The summed E-state index contributed by atoms with van der Waals surface area (Å²) in [6.45, 7) is 17.6. The summed E-state index contributed by atoms with van der Waals surface area (Å²) in [4.78, 5) is 81.8. The van der Waals surface area contributed by atoms with Crippen molar-refractivity contribution in [2.75, 3.05) is 26.2 Å². The lowest BCUT2D eigenvalue weighted by Gasteiger charge is -2.35. The normalized spacial score (nSPS) is 18.9. The average Bonchev–Trinajstić information content (AvgIpc) is 3.72. The van der Waals surface area contributed by atoms with Gasteiger partial charge in [-0.2, -0.15) is 0 Å². The maximum absolute atomic E-state index is 14.7. The van der Waals surface area contributed by atoms with Crippen LogP contribution in [0, 0.1) is 23.2 Å². The highest BCUT2D eigenvalue weighted by atomic mass is 16.5. The summed E-state index contributed by atoms with van der Waals surface area (Å²) in [5.41, 5.74) is 1.69. The van der Waals surface area contributed by atoms with Crippen LogP contribution in [0.3, 0.4) is 0 Å². The molecule has 0 radical (unpaired) electrons. The van der Waals surface area contributed by atoms with Crippen molar-refractivity contribution >= 4 is 35.6 Å². The van der Waals surface area contributed by atoms with Crippen LogP contribution in [-0.2, 0) is 36.8 Å². The van der Waals surface area contributed by atoms with E-state index in [9.17, 15) is 28.8 Å². The molecule has 1 aromatic carbocycles. The average molecular weight is 711 g/mol. The molecule has 13 nitrogen and oxygen atoms in total. The molecule has 6 amide bonds. The van der Waals surface area contributed by atoms with E-state index < -0.39 is 59.3 Å². The lowest BCUT2D eigenvalue weighted by molar-refractivity contribution is -0.144. The highest BCUT2D eigenvalue weighted by Crippen LogP contribution is 2.35. The molecule has 1 fully saturated rings. The summed E-state index contributed by atoms with van der Waals surface area (Å²) < 4.78 is 5.36. The number of ketones is 1. The van der Waals surface area contributed by atoms with Crippen molar-refractivity contribution in [2.24, 2.45) is 23.2 Å². The fourth-order valence-corrected chi connectivity index (χ4v) is 6.91. The molecule has 1 unspecified atom stereocenters. The highest BCUT2D eigenvalue weighted by molar-refractivity contribution is 6.38. The minimum absolute atomic E-state index is 0.0256. The van der Waals surface area contributed by atoms with E-state index in [1.807, 2.05) is 65.8 Å². The summed E-state index contributed by atoms with van der Waals surface area (Å²) >= 11 is 0. The molecule has 5 N–H and O–H groups in total. The Kier molecular flexibility index (Phi) is 15.0. The molecule has 0 saturated carbocycles. The zero-order valence-corrected chi connectivity index (χ0v) is 31.3. The van der Waals surface area contributed by atoms with Gasteiger partial charge in [0.15, 0.2) is 0 Å². The number of carbonyl (C=O) groups is 6. The van der Waals surface area contributed by atoms with Gasteiger partial charge >= 0.3 is 12.1 Å². The SMILES string of the molecule is C=CCNC(=O)C(=O)C(CCC)NC(=O)[C@@H]1[C@@H](C(C)C)CCN1C(=O)[C@@H](NC(=O)N[C@H](COC(=O)NCC)C(C)(C)C)C1Cc2ccccc2C1. The van der Waals surface area contributed by atoms with Gasteiger partial charge in [0.2, 0.25) is 17.6 Å². The van der Waals surface area contributed by atoms with E-state index in [4.69, 9.17) is 4.74 Å². The summed E-state index contributed by atoms with van der Waals surface area (Å²) in [6.07, 6.45) is 3.33. The van der Waals surface area contributed by atoms with Gasteiger partial charge < -0.3 is 36.2 Å². The number of rotatable bonds is 16. The summed E-state index contributed by atoms with van der Waals surface area (Å²) in [6, 6.07) is 3.79. The second-order valence-electron chi connectivity index (χ2n) is 15.0. The first-order valence-corrected chi connectivity index (χ1v) is 18.2. The van der Waals surface area contributed by atoms with Crippen LogP contribution in [0.25, 0.3) is 0 Å². The van der Waals surface area contributed by atoms with Crippen LogP contribution in [0.5, 0.6) is 0 Å². The Morgan fingerprint density at radius 3 is 2.18 bits per heavy atom. The largest absolute Gasteiger partial charge is 0.447 e. The number of hydrogen-bond acceptors (Lipinski definition) is 7. The minimum Gasteiger partial charge on any atom is -0.447 e. The van der Waals surface area contributed by atoms with E-state index in [1.165, 1.54) is 6.08 Å². The first-order chi connectivity index (χ1) is 24.1. The van der Waals surface area contributed by atoms with Crippen molar-refractivity contribution in [3.8, 4) is 0 Å². The smallest absolute Gasteiger partial charge is 0.407 e.